The van der Waals surface area contributed by atoms with Gasteiger partial charge in [-0.3, -0.25) is 14.4 Å². The van der Waals surface area contributed by atoms with Gasteiger partial charge in [-0.15, -0.1) is 6.58 Å². The summed E-state index contributed by atoms with van der Waals surface area (Å²) in [6.07, 6.45) is 2.30. The SMILES string of the molecule is C=CCOC[C@H](N)C(=O)N[C@H](Cc1ccccc1)C(=O)N[C@@H](CCCN/C(N)=N\[N+](=O)[O-])C(C)=O. The summed E-state index contributed by atoms with van der Waals surface area (Å²) in [6.45, 7) is 5.23. The fourth-order valence-corrected chi connectivity index (χ4v) is 2.99. The molecule has 0 heterocycles. The molecule has 0 bridgehead atoms. The second-order valence-corrected chi connectivity index (χ2v) is 7.65. The monoisotopic (exact) mass is 491 g/mol. The van der Waals surface area contributed by atoms with Gasteiger partial charge in [0.25, 0.3) is 5.96 Å². The lowest BCUT2D eigenvalue weighted by Gasteiger charge is -2.23. The number of ketones is 1. The van der Waals surface area contributed by atoms with E-state index in [4.69, 9.17) is 16.2 Å². The molecule has 7 N–H and O–H groups in total. The zero-order valence-electron chi connectivity index (χ0n) is 19.6. The lowest BCUT2D eigenvalue weighted by molar-refractivity contribution is -0.485. The molecule has 2 amide bonds. The van der Waals surface area contributed by atoms with Gasteiger partial charge in [0.15, 0.2) is 10.8 Å². The summed E-state index contributed by atoms with van der Waals surface area (Å²) >= 11 is 0. The zero-order chi connectivity index (χ0) is 26.2. The molecule has 0 aromatic heterocycles. The number of nitrogens with two attached hydrogens (primary N) is 2. The van der Waals surface area contributed by atoms with Crippen molar-refractivity contribution in [3.63, 3.8) is 0 Å². The highest BCUT2D eigenvalue weighted by atomic mass is 16.7. The standard InChI is InChI=1S/C22H33N7O6/c1-3-12-35-14-17(23)20(31)27-19(13-16-8-5-4-6-9-16)21(32)26-18(15(2)30)10-7-11-25-22(24)28-29(33)34/h3-6,8-9,17-19H,1,7,10-14,23H2,2H3,(H,26,32)(H,27,31)(H3,24,25,28)/t17-,18-,19+/m0/s1. The second kappa shape index (κ2) is 15.9. The molecule has 1 aromatic rings. The number of rotatable bonds is 16. The minimum atomic E-state index is -0.998. The summed E-state index contributed by atoms with van der Waals surface area (Å²) < 4.78 is 5.21. The van der Waals surface area contributed by atoms with Crippen LogP contribution in [0.2, 0.25) is 0 Å². The van der Waals surface area contributed by atoms with Crippen LogP contribution in [0.5, 0.6) is 0 Å². The van der Waals surface area contributed by atoms with Crippen molar-refractivity contribution in [2.75, 3.05) is 19.8 Å². The van der Waals surface area contributed by atoms with Gasteiger partial charge >= 0.3 is 0 Å². The molecule has 35 heavy (non-hydrogen) atoms. The fourth-order valence-electron chi connectivity index (χ4n) is 2.99. The lowest BCUT2D eigenvalue weighted by atomic mass is 10.0. The molecular weight excluding hydrogens is 458 g/mol. The van der Waals surface area contributed by atoms with Crippen LogP contribution in [-0.2, 0) is 25.5 Å². The Kier molecular flexibility index (Phi) is 13.3. The first-order chi connectivity index (χ1) is 16.6. The quantitative estimate of drug-likeness (QED) is 0.0489. The van der Waals surface area contributed by atoms with Gasteiger partial charge in [-0.25, -0.2) is 10.1 Å². The van der Waals surface area contributed by atoms with E-state index in [0.717, 1.165) is 5.56 Å². The summed E-state index contributed by atoms with van der Waals surface area (Å²) in [5.41, 5.74) is 12.0. The number of amides is 2. The Hall–Kier alpha value is -3.84. The molecule has 0 aliphatic heterocycles. The molecule has 1 rings (SSSR count). The average Bonchev–Trinajstić information content (AvgIpc) is 2.80. The maximum atomic E-state index is 13.1. The minimum absolute atomic E-state index is 0.0521. The van der Waals surface area contributed by atoms with Crippen molar-refractivity contribution in [3.05, 3.63) is 58.7 Å². The molecule has 192 valence electrons. The van der Waals surface area contributed by atoms with Gasteiger partial charge in [0.1, 0.15) is 17.2 Å². The van der Waals surface area contributed by atoms with Crippen molar-refractivity contribution >= 4 is 23.6 Å². The Morgan fingerprint density at radius 2 is 1.86 bits per heavy atom. The molecule has 0 spiro atoms. The number of hydrazone groups is 1. The highest BCUT2D eigenvalue weighted by Gasteiger charge is 2.27. The van der Waals surface area contributed by atoms with E-state index in [-0.39, 0.29) is 44.3 Å². The fraction of sp³-hybridized carbons (Fsp3) is 0.455. The topological polar surface area (TPSA) is 204 Å². The largest absolute Gasteiger partial charge is 0.375 e. The first kappa shape index (κ1) is 29.2. The second-order valence-electron chi connectivity index (χ2n) is 7.65. The van der Waals surface area contributed by atoms with E-state index >= 15 is 0 Å². The Morgan fingerprint density at radius 1 is 1.20 bits per heavy atom. The van der Waals surface area contributed by atoms with Gasteiger partial charge in [0.2, 0.25) is 11.8 Å². The number of Topliss-reactive ketones (excluding diaryl/α,β-unsaturated/α-hetero) is 1. The molecule has 0 radical (unpaired) electrons. The first-order valence-corrected chi connectivity index (χ1v) is 11.0. The molecule has 0 fully saturated rings. The van der Waals surface area contributed by atoms with Crippen LogP contribution in [0.3, 0.4) is 0 Å². The summed E-state index contributed by atoms with van der Waals surface area (Å²) in [4.78, 5) is 48.0. The minimum Gasteiger partial charge on any atom is -0.375 e. The van der Waals surface area contributed by atoms with Crippen LogP contribution < -0.4 is 27.4 Å². The van der Waals surface area contributed by atoms with E-state index in [1.807, 2.05) is 18.2 Å². The van der Waals surface area contributed by atoms with Crippen molar-refractivity contribution in [3.8, 4) is 0 Å². The zero-order valence-corrected chi connectivity index (χ0v) is 19.6. The van der Waals surface area contributed by atoms with Crippen molar-refractivity contribution < 1.29 is 24.2 Å². The third kappa shape index (κ3) is 12.3. The van der Waals surface area contributed by atoms with Crippen LogP contribution in [-0.4, -0.2) is 66.5 Å². The predicted octanol–water partition coefficient (Wildman–Crippen LogP) is -0.806. The number of hydrogen-bond donors (Lipinski definition) is 5. The number of guanidine groups is 1. The molecule has 1 aromatic carbocycles. The van der Waals surface area contributed by atoms with Gasteiger partial charge in [-0.2, -0.15) is 0 Å². The average molecular weight is 492 g/mol. The number of nitro groups is 1. The van der Waals surface area contributed by atoms with Gasteiger partial charge < -0.3 is 32.2 Å². The van der Waals surface area contributed by atoms with Crippen LogP contribution >= 0.6 is 0 Å². The van der Waals surface area contributed by atoms with Crippen LogP contribution in [0.4, 0.5) is 0 Å². The maximum Gasteiger partial charge on any atom is 0.266 e. The van der Waals surface area contributed by atoms with Crippen molar-refractivity contribution in [2.45, 2.75) is 44.3 Å². The van der Waals surface area contributed by atoms with Gasteiger partial charge in [-0.05, 0) is 25.3 Å². The summed E-state index contributed by atoms with van der Waals surface area (Å²) in [6, 6.07) is 6.24. The molecule has 0 saturated carbocycles. The number of ether oxygens (including phenoxy) is 1. The molecule has 0 aliphatic rings. The van der Waals surface area contributed by atoms with E-state index in [1.54, 1.807) is 12.1 Å². The van der Waals surface area contributed by atoms with E-state index < -0.39 is 35.0 Å². The number of nitrogens with zero attached hydrogens (tertiary/aromatic N) is 2. The molecule has 0 aliphatic carbocycles. The number of carbonyl (C=O) groups excluding carboxylic acids is 3. The number of benzene rings is 1. The van der Waals surface area contributed by atoms with Gasteiger partial charge in [0, 0.05) is 13.0 Å². The highest BCUT2D eigenvalue weighted by Crippen LogP contribution is 2.06. The summed E-state index contributed by atoms with van der Waals surface area (Å²) in [5, 5.41) is 20.1. The van der Waals surface area contributed by atoms with E-state index in [1.165, 1.54) is 13.0 Å². The first-order valence-electron chi connectivity index (χ1n) is 11.0. The Balaban J connectivity index is 2.81. The smallest absolute Gasteiger partial charge is 0.266 e. The Bertz CT molecular complexity index is 894. The number of hydrogen-bond acceptors (Lipinski definition) is 7. The summed E-state index contributed by atoms with van der Waals surface area (Å²) in [5.74, 6) is -1.78. The third-order valence-electron chi connectivity index (χ3n) is 4.76. The van der Waals surface area contributed by atoms with E-state index in [2.05, 4.69) is 27.6 Å². The molecule has 13 heteroatoms. The van der Waals surface area contributed by atoms with Crippen molar-refractivity contribution in [1.29, 1.82) is 0 Å². The normalized spacial score (nSPS) is 13.7. The molecule has 3 atom stereocenters. The van der Waals surface area contributed by atoms with E-state index in [0.29, 0.717) is 6.42 Å². The molecular formula is C22H33N7O6. The van der Waals surface area contributed by atoms with Gasteiger partial charge in [-0.1, -0.05) is 36.4 Å². The van der Waals surface area contributed by atoms with Crippen molar-refractivity contribution in [2.24, 2.45) is 16.6 Å². The maximum absolute atomic E-state index is 13.1. The number of nitrogens with one attached hydrogen (secondary N) is 3. The third-order valence-corrected chi connectivity index (χ3v) is 4.76. The van der Waals surface area contributed by atoms with Crippen LogP contribution in [0.1, 0.15) is 25.3 Å². The lowest BCUT2D eigenvalue weighted by Crippen LogP contribution is -2.55. The highest BCUT2D eigenvalue weighted by molar-refractivity contribution is 5.93. The van der Waals surface area contributed by atoms with Crippen LogP contribution in [0.25, 0.3) is 0 Å². The molecule has 0 saturated heterocycles. The van der Waals surface area contributed by atoms with Crippen molar-refractivity contribution in [1.82, 2.24) is 16.0 Å². The molecule has 13 nitrogen and oxygen atoms in total. The van der Waals surface area contributed by atoms with E-state index in [9.17, 15) is 24.5 Å². The Labute approximate surface area is 203 Å². The van der Waals surface area contributed by atoms with Crippen LogP contribution in [0.15, 0.2) is 48.1 Å². The summed E-state index contributed by atoms with van der Waals surface area (Å²) in [7, 11) is 0. The Morgan fingerprint density at radius 3 is 2.46 bits per heavy atom. The molecule has 0 unspecified atom stereocenters. The van der Waals surface area contributed by atoms with Gasteiger partial charge in [0.05, 0.1) is 19.3 Å². The van der Waals surface area contributed by atoms with Crippen LogP contribution in [0, 0.1) is 10.1 Å². The number of carbonyl (C=O) groups is 3. The predicted molar refractivity (Wildman–Crippen MR) is 130 cm³/mol.